The molecule has 3 rings (SSSR count). The van der Waals surface area contributed by atoms with Gasteiger partial charge in [0.05, 0.1) is 18.4 Å². The van der Waals surface area contributed by atoms with E-state index in [2.05, 4.69) is 15.9 Å². The zero-order chi connectivity index (χ0) is 18.7. The molecule has 26 heavy (non-hydrogen) atoms. The fourth-order valence-electron chi connectivity index (χ4n) is 2.81. The number of carbonyl (C=O) groups excluding carboxylic acids is 1. The van der Waals surface area contributed by atoms with Crippen molar-refractivity contribution >= 4 is 37.4 Å². The van der Waals surface area contributed by atoms with E-state index in [1.54, 1.807) is 48.5 Å². The van der Waals surface area contributed by atoms with Crippen LogP contribution >= 0.6 is 15.9 Å². The summed E-state index contributed by atoms with van der Waals surface area (Å²) in [5, 5.41) is 1.17. The van der Waals surface area contributed by atoms with Gasteiger partial charge in [0.2, 0.25) is 0 Å². The van der Waals surface area contributed by atoms with Gasteiger partial charge in [0.25, 0.3) is 5.91 Å². The molecule has 1 heterocycles. The van der Waals surface area contributed by atoms with E-state index in [1.807, 2.05) is 13.0 Å². The lowest BCUT2D eigenvalue weighted by Crippen LogP contribution is -2.41. The molecule has 2 aromatic rings. The molecule has 0 radical (unpaired) electrons. The molecule has 1 aliphatic heterocycles. The zero-order valence-electron chi connectivity index (χ0n) is 14.1. The van der Waals surface area contributed by atoms with Gasteiger partial charge in [-0.25, -0.2) is 8.42 Å². The molecule has 0 fully saturated rings. The van der Waals surface area contributed by atoms with Crippen LogP contribution in [0.2, 0.25) is 0 Å². The van der Waals surface area contributed by atoms with Crippen molar-refractivity contribution in [3.05, 3.63) is 70.1 Å². The predicted octanol–water partition coefficient (Wildman–Crippen LogP) is 3.81. The van der Waals surface area contributed by atoms with E-state index >= 15 is 0 Å². The Hall–Kier alpha value is -2.12. The number of anilines is 1. The highest BCUT2D eigenvalue weighted by Gasteiger charge is 2.32. The smallest absolute Gasteiger partial charge is 0.258 e. The fraction of sp³-hybridized carbons (Fsp3) is 0.211. The Morgan fingerprint density at radius 2 is 1.96 bits per heavy atom. The minimum absolute atomic E-state index is 0.125. The number of benzene rings is 2. The molecule has 0 bridgehead atoms. The topological polar surface area (TPSA) is 63.7 Å². The molecule has 0 unspecified atom stereocenters. The average molecular weight is 436 g/mol. The number of ether oxygens (including phenoxy) is 1. The summed E-state index contributed by atoms with van der Waals surface area (Å²) < 4.78 is 30.0. The van der Waals surface area contributed by atoms with E-state index in [4.69, 9.17) is 4.74 Å². The standard InChI is InChI=1S/C19H18BrNO4S/c1-2-25-18-8-6-16(7-9-18)21(17-10-11-26(23,24)13-17)19(22)14-4-3-5-15(20)12-14/h3-12,17H,2,13H2,1H3/t17-/m0/s1. The Kier molecular flexibility index (Phi) is 5.48. The summed E-state index contributed by atoms with van der Waals surface area (Å²) in [7, 11) is -3.30. The maximum atomic E-state index is 13.2. The summed E-state index contributed by atoms with van der Waals surface area (Å²) >= 11 is 3.37. The summed E-state index contributed by atoms with van der Waals surface area (Å²) in [5.41, 5.74) is 1.09. The highest BCUT2D eigenvalue weighted by atomic mass is 79.9. The summed E-state index contributed by atoms with van der Waals surface area (Å²) in [4.78, 5) is 14.7. The summed E-state index contributed by atoms with van der Waals surface area (Å²) in [6.45, 7) is 2.44. The first kappa shape index (κ1) is 18.7. The number of hydrogen-bond donors (Lipinski definition) is 0. The van der Waals surface area contributed by atoms with Crippen LogP contribution in [0.15, 0.2) is 64.5 Å². The monoisotopic (exact) mass is 435 g/mol. The molecule has 0 spiro atoms. The van der Waals surface area contributed by atoms with Gasteiger partial charge in [-0.1, -0.05) is 22.0 Å². The highest BCUT2D eigenvalue weighted by molar-refractivity contribution is 9.10. The molecular formula is C19H18BrNO4S. The largest absolute Gasteiger partial charge is 0.494 e. The van der Waals surface area contributed by atoms with E-state index < -0.39 is 15.9 Å². The molecule has 1 amide bonds. The lowest BCUT2D eigenvalue weighted by molar-refractivity contribution is 0.0983. The molecule has 1 atom stereocenters. The Morgan fingerprint density at radius 3 is 2.54 bits per heavy atom. The number of hydrogen-bond acceptors (Lipinski definition) is 4. The molecule has 0 aromatic heterocycles. The molecule has 0 saturated carbocycles. The molecule has 0 aliphatic carbocycles. The third kappa shape index (κ3) is 4.16. The lowest BCUT2D eigenvalue weighted by Gasteiger charge is -2.28. The van der Waals surface area contributed by atoms with E-state index in [0.29, 0.717) is 23.6 Å². The molecule has 2 aromatic carbocycles. The van der Waals surface area contributed by atoms with Crippen molar-refractivity contribution in [2.24, 2.45) is 0 Å². The van der Waals surface area contributed by atoms with Crippen LogP contribution in [0.4, 0.5) is 5.69 Å². The summed E-state index contributed by atoms with van der Waals surface area (Å²) in [6.07, 6.45) is 1.56. The second-order valence-corrected chi connectivity index (χ2v) is 8.68. The number of rotatable bonds is 5. The SMILES string of the molecule is CCOc1ccc(N(C(=O)c2cccc(Br)c2)[C@H]2C=CS(=O)(=O)C2)cc1. The van der Waals surface area contributed by atoms with Crippen LogP contribution in [0.3, 0.4) is 0 Å². The number of sulfone groups is 1. The predicted molar refractivity (Wildman–Crippen MR) is 105 cm³/mol. The van der Waals surface area contributed by atoms with Gasteiger partial charge < -0.3 is 9.64 Å². The van der Waals surface area contributed by atoms with E-state index in [0.717, 1.165) is 4.47 Å². The van der Waals surface area contributed by atoms with Gasteiger partial charge in [-0.15, -0.1) is 0 Å². The maximum Gasteiger partial charge on any atom is 0.258 e. The van der Waals surface area contributed by atoms with Crippen LogP contribution in [0, 0.1) is 0 Å². The van der Waals surface area contributed by atoms with Crippen molar-refractivity contribution in [2.75, 3.05) is 17.3 Å². The van der Waals surface area contributed by atoms with Gasteiger partial charge in [0.1, 0.15) is 5.75 Å². The fourth-order valence-corrected chi connectivity index (χ4v) is 4.48. The van der Waals surface area contributed by atoms with Crippen molar-refractivity contribution in [2.45, 2.75) is 13.0 Å². The van der Waals surface area contributed by atoms with E-state index in [9.17, 15) is 13.2 Å². The van der Waals surface area contributed by atoms with E-state index in [-0.39, 0.29) is 11.7 Å². The van der Waals surface area contributed by atoms with Crippen LogP contribution in [0.25, 0.3) is 0 Å². The van der Waals surface area contributed by atoms with Crippen molar-refractivity contribution < 1.29 is 17.9 Å². The van der Waals surface area contributed by atoms with Gasteiger partial charge in [0.15, 0.2) is 9.84 Å². The minimum atomic E-state index is -3.30. The molecule has 136 valence electrons. The Morgan fingerprint density at radius 1 is 1.23 bits per heavy atom. The van der Waals surface area contributed by atoms with Crippen LogP contribution in [0.5, 0.6) is 5.75 Å². The van der Waals surface area contributed by atoms with Gasteiger partial charge in [-0.2, -0.15) is 0 Å². The first-order valence-electron chi connectivity index (χ1n) is 8.12. The normalized spacial score (nSPS) is 17.8. The molecule has 0 saturated heterocycles. The van der Waals surface area contributed by atoms with Crippen LogP contribution in [0.1, 0.15) is 17.3 Å². The number of carbonyl (C=O) groups is 1. The molecular weight excluding hydrogens is 418 g/mol. The third-order valence-electron chi connectivity index (χ3n) is 3.96. The Bertz CT molecular complexity index is 938. The van der Waals surface area contributed by atoms with Gasteiger partial charge in [0, 0.05) is 21.1 Å². The van der Waals surface area contributed by atoms with Gasteiger partial charge in [-0.3, -0.25) is 4.79 Å². The maximum absolute atomic E-state index is 13.2. The first-order chi connectivity index (χ1) is 12.4. The van der Waals surface area contributed by atoms with Crippen molar-refractivity contribution in [3.8, 4) is 5.75 Å². The zero-order valence-corrected chi connectivity index (χ0v) is 16.5. The second-order valence-electron chi connectivity index (χ2n) is 5.84. The number of halogens is 1. The lowest BCUT2D eigenvalue weighted by atomic mass is 10.1. The van der Waals surface area contributed by atoms with Crippen LogP contribution in [-0.4, -0.2) is 32.7 Å². The van der Waals surface area contributed by atoms with Crippen LogP contribution in [-0.2, 0) is 9.84 Å². The van der Waals surface area contributed by atoms with E-state index in [1.165, 1.54) is 10.3 Å². The quantitative estimate of drug-likeness (QED) is 0.715. The van der Waals surface area contributed by atoms with Gasteiger partial charge in [-0.05, 0) is 55.5 Å². The summed E-state index contributed by atoms with van der Waals surface area (Å²) in [6, 6.07) is 13.6. The minimum Gasteiger partial charge on any atom is -0.494 e. The number of nitrogens with zero attached hydrogens (tertiary/aromatic N) is 1. The molecule has 0 N–H and O–H groups in total. The van der Waals surface area contributed by atoms with Crippen molar-refractivity contribution in [3.63, 3.8) is 0 Å². The summed E-state index contributed by atoms with van der Waals surface area (Å²) in [5.74, 6) is 0.308. The molecule has 5 nitrogen and oxygen atoms in total. The molecule has 1 aliphatic rings. The first-order valence-corrected chi connectivity index (χ1v) is 10.6. The number of amides is 1. The Labute approximate surface area is 161 Å². The van der Waals surface area contributed by atoms with Crippen molar-refractivity contribution in [1.82, 2.24) is 0 Å². The highest BCUT2D eigenvalue weighted by Crippen LogP contribution is 2.27. The second kappa shape index (κ2) is 7.63. The average Bonchev–Trinajstić information content (AvgIpc) is 2.96. The third-order valence-corrected chi connectivity index (χ3v) is 5.83. The molecule has 7 heteroatoms. The van der Waals surface area contributed by atoms with Crippen LogP contribution < -0.4 is 9.64 Å². The Balaban J connectivity index is 1.99. The van der Waals surface area contributed by atoms with Gasteiger partial charge >= 0.3 is 0 Å². The van der Waals surface area contributed by atoms with Crippen molar-refractivity contribution in [1.29, 1.82) is 0 Å².